The van der Waals surface area contributed by atoms with E-state index >= 15 is 0 Å². The van der Waals surface area contributed by atoms with Crippen molar-refractivity contribution in [2.24, 2.45) is 0 Å². The topological polar surface area (TPSA) is 38.1 Å². The Bertz CT molecular complexity index is 183. The van der Waals surface area contributed by atoms with Gasteiger partial charge in [0.1, 0.15) is 5.76 Å². The fourth-order valence-corrected chi connectivity index (χ4v) is 0.661. The molecular formula is C6H10N2O. The van der Waals surface area contributed by atoms with E-state index in [0.29, 0.717) is 0 Å². The highest BCUT2D eigenvalue weighted by atomic mass is 16.4. The first-order chi connectivity index (χ1) is 4.33. The Morgan fingerprint density at radius 3 is 3.00 bits per heavy atom. The molecule has 0 atom stereocenters. The average Bonchev–Trinajstić information content (AvgIpc) is 2.17. The van der Waals surface area contributed by atoms with Crippen molar-refractivity contribution in [3.05, 3.63) is 17.8 Å². The number of rotatable bonds is 2. The predicted octanol–water partition coefficient (Wildman–Crippen LogP) is 0.702. The summed E-state index contributed by atoms with van der Waals surface area (Å²) in [6.07, 6.45) is 1.73. The van der Waals surface area contributed by atoms with E-state index in [-0.39, 0.29) is 0 Å². The lowest BCUT2D eigenvalue weighted by Crippen LogP contribution is -2.03. The maximum atomic E-state index is 5.15. The molecule has 0 aromatic carbocycles. The van der Waals surface area contributed by atoms with Crippen molar-refractivity contribution < 1.29 is 4.42 Å². The van der Waals surface area contributed by atoms with Gasteiger partial charge in [-0.3, -0.25) is 0 Å². The molecule has 50 valence electrons. The zero-order valence-corrected chi connectivity index (χ0v) is 5.64. The van der Waals surface area contributed by atoms with Crippen molar-refractivity contribution in [2.45, 2.75) is 13.5 Å². The van der Waals surface area contributed by atoms with Crippen LogP contribution in [0.3, 0.4) is 0 Å². The van der Waals surface area contributed by atoms with Crippen molar-refractivity contribution in [3.8, 4) is 0 Å². The van der Waals surface area contributed by atoms with Crippen LogP contribution in [0.2, 0.25) is 0 Å². The first-order valence-corrected chi connectivity index (χ1v) is 2.89. The van der Waals surface area contributed by atoms with Gasteiger partial charge in [-0.15, -0.1) is 0 Å². The largest absolute Gasteiger partial charge is 0.445 e. The van der Waals surface area contributed by atoms with Gasteiger partial charge in [-0.2, -0.15) is 0 Å². The number of aryl methyl sites for hydroxylation is 1. The Morgan fingerprint density at radius 1 is 1.78 bits per heavy atom. The van der Waals surface area contributed by atoms with Crippen LogP contribution in [0, 0.1) is 6.92 Å². The summed E-state index contributed by atoms with van der Waals surface area (Å²) in [5.74, 6) is 1.61. The zero-order chi connectivity index (χ0) is 6.69. The molecule has 0 aliphatic carbocycles. The molecule has 1 N–H and O–H groups in total. The molecular weight excluding hydrogens is 116 g/mol. The number of nitrogens with zero attached hydrogens (tertiary/aromatic N) is 1. The molecule has 0 bridgehead atoms. The minimum Gasteiger partial charge on any atom is -0.445 e. The summed E-state index contributed by atoms with van der Waals surface area (Å²) in [4.78, 5) is 3.93. The molecule has 0 fully saturated rings. The number of oxazole rings is 1. The zero-order valence-electron chi connectivity index (χ0n) is 5.64. The van der Waals surface area contributed by atoms with Crippen LogP contribution in [-0.2, 0) is 6.54 Å². The smallest absolute Gasteiger partial charge is 0.191 e. The molecule has 0 saturated heterocycles. The lowest BCUT2D eigenvalue weighted by atomic mass is 10.5. The van der Waals surface area contributed by atoms with Crippen molar-refractivity contribution in [3.63, 3.8) is 0 Å². The van der Waals surface area contributed by atoms with Crippen molar-refractivity contribution >= 4 is 0 Å². The molecule has 1 heterocycles. The third kappa shape index (κ3) is 1.54. The van der Waals surface area contributed by atoms with Crippen LogP contribution in [0.4, 0.5) is 0 Å². The monoisotopic (exact) mass is 126 g/mol. The predicted molar refractivity (Wildman–Crippen MR) is 34.0 cm³/mol. The van der Waals surface area contributed by atoms with Crippen LogP contribution in [0.25, 0.3) is 0 Å². The van der Waals surface area contributed by atoms with Gasteiger partial charge >= 0.3 is 0 Å². The number of nitrogens with one attached hydrogen (secondary N) is 1. The molecule has 0 unspecified atom stereocenters. The van der Waals surface area contributed by atoms with E-state index in [0.717, 1.165) is 18.2 Å². The van der Waals surface area contributed by atoms with Crippen LogP contribution in [0.15, 0.2) is 10.6 Å². The molecule has 0 aliphatic rings. The third-order valence-electron chi connectivity index (χ3n) is 1.02. The van der Waals surface area contributed by atoms with E-state index in [2.05, 4.69) is 10.3 Å². The van der Waals surface area contributed by atoms with Gasteiger partial charge < -0.3 is 9.73 Å². The van der Waals surface area contributed by atoms with Crippen LogP contribution in [0.5, 0.6) is 0 Å². The van der Waals surface area contributed by atoms with E-state index < -0.39 is 0 Å². The summed E-state index contributed by atoms with van der Waals surface area (Å²) >= 11 is 0. The Balaban J connectivity index is 2.61. The summed E-state index contributed by atoms with van der Waals surface area (Å²) in [5, 5.41) is 2.96. The average molecular weight is 126 g/mol. The van der Waals surface area contributed by atoms with Gasteiger partial charge in [0.05, 0.1) is 12.7 Å². The Labute approximate surface area is 54.1 Å². The van der Waals surface area contributed by atoms with Gasteiger partial charge in [0.25, 0.3) is 0 Å². The van der Waals surface area contributed by atoms with E-state index in [1.165, 1.54) is 0 Å². The molecule has 3 nitrogen and oxygen atoms in total. The van der Waals surface area contributed by atoms with E-state index in [9.17, 15) is 0 Å². The fourth-order valence-electron chi connectivity index (χ4n) is 0.661. The van der Waals surface area contributed by atoms with Gasteiger partial charge in [0, 0.05) is 6.92 Å². The van der Waals surface area contributed by atoms with Crippen molar-refractivity contribution in [1.82, 2.24) is 10.3 Å². The molecule has 9 heavy (non-hydrogen) atoms. The lowest BCUT2D eigenvalue weighted by molar-refractivity contribution is 0.464. The van der Waals surface area contributed by atoms with Crippen LogP contribution < -0.4 is 5.32 Å². The summed E-state index contributed by atoms with van der Waals surface area (Å²) in [5.41, 5.74) is 0. The normalized spacial score (nSPS) is 10.0. The highest BCUT2D eigenvalue weighted by Crippen LogP contribution is 1.99. The summed E-state index contributed by atoms with van der Waals surface area (Å²) in [6, 6.07) is 0. The molecule has 0 amide bonds. The van der Waals surface area contributed by atoms with Crippen LogP contribution in [0.1, 0.15) is 11.7 Å². The molecule has 0 spiro atoms. The van der Waals surface area contributed by atoms with Crippen molar-refractivity contribution in [1.29, 1.82) is 0 Å². The molecule has 0 radical (unpaired) electrons. The van der Waals surface area contributed by atoms with Gasteiger partial charge in [0.2, 0.25) is 0 Å². The first kappa shape index (κ1) is 6.29. The molecule has 1 aromatic heterocycles. The van der Waals surface area contributed by atoms with E-state index in [1.54, 1.807) is 6.20 Å². The Morgan fingerprint density at radius 2 is 2.56 bits per heavy atom. The number of hydrogen-bond acceptors (Lipinski definition) is 3. The Hall–Kier alpha value is -0.830. The molecule has 1 rings (SSSR count). The van der Waals surface area contributed by atoms with E-state index in [4.69, 9.17) is 4.42 Å². The van der Waals surface area contributed by atoms with Gasteiger partial charge in [-0.1, -0.05) is 0 Å². The maximum Gasteiger partial charge on any atom is 0.191 e. The van der Waals surface area contributed by atoms with E-state index in [1.807, 2.05) is 14.0 Å². The fraction of sp³-hybridized carbons (Fsp3) is 0.500. The summed E-state index contributed by atoms with van der Waals surface area (Å²) < 4.78 is 5.15. The van der Waals surface area contributed by atoms with Crippen molar-refractivity contribution in [2.75, 3.05) is 7.05 Å². The number of hydrogen-bond donors (Lipinski definition) is 1. The molecule has 1 aromatic rings. The second-order valence-electron chi connectivity index (χ2n) is 1.88. The first-order valence-electron chi connectivity index (χ1n) is 2.89. The van der Waals surface area contributed by atoms with Gasteiger partial charge in [-0.25, -0.2) is 4.98 Å². The lowest BCUT2D eigenvalue weighted by Gasteiger charge is -1.88. The third-order valence-corrected chi connectivity index (χ3v) is 1.02. The minimum absolute atomic E-state index is 0.722. The second kappa shape index (κ2) is 2.64. The second-order valence-corrected chi connectivity index (χ2v) is 1.88. The summed E-state index contributed by atoms with van der Waals surface area (Å²) in [6.45, 7) is 2.58. The number of aromatic nitrogens is 1. The highest BCUT2D eigenvalue weighted by molar-refractivity contribution is 4.91. The van der Waals surface area contributed by atoms with Crippen LogP contribution in [-0.4, -0.2) is 12.0 Å². The minimum atomic E-state index is 0.722. The van der Waals surface area contributed by atoms with Gasteiger partial charge in [-0.05, 0) is 7.05 Å². The van der Waals surface area contributed by atoms with Crippen LogP contribution >= 0.6 is 0 Å². The highest BCUT2D eigenvalue weighted by Gasteiger charge is 1.95. The molecule has 0 saturated carbocycles. The summed E-state index contributed by atoms with van der Waals surface area (Å²) in [7, 11) is 1.87. The standard InChI is InChI=1S/C6H10N2O/c1-5-8-4-6(9-5)3-7-2/h4,7H,3H2,1-2H3. The van der Waals surface area contributed by atoms with Gasteiger partial charge in [0.15, 0.2) is 5.89 Å². The quantitative estimate of drug-likeness (QED) is 0.634. The Kier molecular flexibility index (Phi) is 1.85. The SMILES string of the molecule is CNCc1cnc(C)o1. The molecule has 3 heteroatoms. The maximum absolute atomic E-state index is 5.15. The molecule has 0 aliphatic heterocycles.